The van der Waals surface area contributed by atoms with Gasteiger partial charge in [0.2, 0.25) is 0 Å². The summed E-state index contributed by atoms with van der Waals surface area (Å²) in [6.07, 6.45) is -2.60. The molecule has 3 aromatic rings. The van der Waals surface area contributed by atoms with Crippen molar-refractivity contribution in [2.45, 2.75) is 13.1 Å². The maximum atomic E-state index is 12.9. The molecule has 0 unspecified atom stereocenters. The number of anilines is 2. The molecule has 9 heteroatoms. The Morgan fingerprint density at radius 2 is 1.73 bits per heavy atom. The summed E-state index contributed by atoms with van der Waals surface area (Å²) in [5, 5.41) is 0.762. The summed E-state index contributed by atoms with van der Waals surface area (Å²) < 4.78 is 39.3. The second-order valence-electron chi connectivity index (χ2n) is 6.11. The Labute approximate surface area is 152 Å². The Morgan fingerprint density at radius 3 is 2.42 bits per heavy atom. The van der Waals surface area contributed by atoms with E-state index in [1.54, 1.807) is 6.20 Å². The fourth-order valence-electron chi connectivity index (χ4n) is 2.97. The molecule has 0 saturated carbocycles. The number of benzene rings is 1. The third-order valence-electron chi connectivity index (χ3n) is 4.34. The molecule has 0 aliphatic carbocycles. The molecule has 1 fully saturated rings. The molecule has 26 heavy (non-hydrogen) atoms. The number of hydrogen-bond acceptors (Lipinski definition) is 6. The molecule has 5 nitrogen and oxygen atoms in total. The van der Waals surface area contributed by atoms with Gasteiger partial charge in [0, 0.05) is 32.4 Å². The molecular formula is C17H16F3N5S. The van der Waals surface area contributed by atoms with Gasteiger partial charge in [0.05, 0.1) is 15.8 Å². The van der Waals surface area contributed by atoms with Crippen LogP contribution in [-0.2, 0) is 6.18 Å². The molecule has 0 bridgehead atoms. The zero-order chi connectivity index (χ0) is 18.3. The lowest BCUT2D eigenvalue weighted by Crippen LogP contribution is -2.46. The molecule has 0 amide bonds. The first-order chi connectivity index (χ1) is 12.4. The molecule has 1 aliphatic heterocycles. The van der Waals surface area contributed by atoms with E-state index >= 15 is 0 Å². The standard InChI is InChI=1S/C17H16F3N5S/c1-11-21-5-4-15(22-11)24-6-8-25(9-7-24)16-23-13-10-12(17(18,19)20)2-3-14(13)26-16/h2-5,10H,6-9H2,1H3. The van der Waals surface area contributed by atoms with Gasteiger partial charge >= 0.3 is 6.18 Å². The van der Waals surface area contributed by atoms with Crippen molar-refractivity contribution in [2.24, 2.45) is 0 Å². The van der Waals surface area contributed by atoms with Gasteiger partial charge in [0.15, 0.2) is 5.13 Å². The molecule has 1 saturated heterocycles. The van der Waals surface area contributed by atoms with Crippen molar-refractivity contribution in [2.75, 3.05) is 36.0 Å². The molecule has 0 N–H and O–H groups in total. The lowest BCUT2D eigenvalue weighted by molar-refractivity contribution is -0.137. The van der Waals surface area contributed by atoms with Crippen LogP contribution in [0.2, 0.25) is 0 Å². The van der Waals surface area contributed by atoms with Gasteiger partial charge in [-0.25, -0.2) is 15.0 Å². The molecule has 136 valence electrons. The van der Waals surface area contributed by atoms with Crippen molar-refractivity contribution in [3.63, 3.8) is 0 Å². The van der Waals surface area contributed by atoms with E-state index in [-0.39, 0.29) is 0 Å². The Hall–Kier alpha value is -2.42. The Kier molecular flexibility index (Phi) is 4.18. The highest BCUT2D eigenvalue weighted by Crippen LogP contribution is 2.35. The number of alkyl halides is 3. The molecule has 0 spiro atoms. The van der Waals surface area contributed by atoms with E-state index in [1.165, 1.54) is 17.4 Å². The Morgan fingerprint density at radius 1 is 1.00 bits per heavy atom. The summed E-state index contributed by atoms with van der Waals surface area (Å²) in [5.41, 5.74) is -0.264. The summed E-state index contributed by atoms with van der Waals surface area (Å²) in [6, 6.07) is 5.62. The van der Waals surface area contributed by atoms with Crippen LogP contribution in [0.3, 0.4) is 0 Å². The number of nitrogens with zero attached hydrogens (tertiary/aromatic N) is 5. The van der Waals surface area contributed by atoms with E-state index in [1.807, 2.05) is 13.0 Å². The number of rotatable bonds is 2. The molecule has 1 aliphatic rings. The number of aromatic nitrogens is 3. The summed E-state index contributed by atoms with van der Waals surface area (Å²) in [5.74, 6) is 1.63. The summed E-state index contributed by atoms with van der Waals surface area (Å²) in [4.78, 5) is 17.3. The third-order valence-corrected chi connectivity index (χ3v) is 5.44. The summed E-state index contributed by atoms with van der Waals surface area (Å²) in [7, 11) is 0. The topological polar surface area (TPSA) is 45.2 Å². The number of piperazine rings is 1. The van der Waals surface area contributed by atoms with E-state index in [2.05, 4.69) is 24.8 Å². The van der Waals surface area contributed by atoms with Crippen molar-refractivity contribution >= 4 is 32.5 Å². The molecule has 0 atom stereocenters. The highest BCUT2D eigenvalue weighted by molar-refractivity contribution is 7.22. The average Bonchev–Trinajstić information content (AvgIpc) is 3.04. The van der Waals surface area contributed by atoms with Crippen LogP contribution in [0.5, 0.6) is 0 Å². The lowest BCUT2D eigenvalue weighted by atomic mass is 10.2. The molecule has 3 heterocycles. The van der Waals surface area contributed by atoms with E-state index < -0.39 is 11.7 Å². The number of hydrogen-bond donors (Lipinski definition) is 0. The van der Waals surface area contributed by atoms with Gasteiger partial charge in [0.25, 0.3) is 0 Å². The van der Waals surface area contributed by atoms with Crippen LogP contribution < -0.4 is 9.80 Å². The Balaban J connectivity index is 1.50. The van der Waals surface area contributed by atoms with Crippen LogP contribution >= 0.6 is 11.3 Å². The largest absolute Gasteiger partial charge is 0.416 e. The minimum atomic E-state index is -4.35. The van der Waals surface area contributed by atoms with Crippen molar-refractivity contribution in [1.82, 2.24) is 15.0 Å². The van der Waals surface area contributed by atoms with Gasteiger partial charge in [-0.1, -0.05) is 11.3 Å². The smallest absolute Gasteiger partial charge is 0.353 e. The zero-order valence-corrected chi connectivity index (χ0v) is 14.8. The summed E-state index contributed by atoms with van der Waals surface area (Å²) >= 11 is 1.43. The quantitative estimate of drug-likeness (QED) is 0.679. The third kappa shape index (κ3) is 3.31. The first-order valence-corrected chi connectivity index (χ1v) is 8.99. The highest BCUT2D eigenvalue weighted by Gasteiger charge is 2.31. The van der Waals surface area contributed by atoms with Crippen LogP contribution in [0.15, 0.2) is 30.5 Å². The van der Waals surface area contributed by atoms with Gasteiger partial charge < -0.3 is 9.80 Å². The molecular weight excluding hydrogens is 363 g/mol. The normalized spacial score (nSPS) is 15.7. The number of fused-ring (bicyclic) bond motifs is 1. The van der Waals surface area contributed by atoms with Gasteiger partial charge in [-0.3, -0.25) is 0 Å². The van der Waals surface area contributed by atoms with Crippen LogP contribution in [0, 0.1) is 6.92 Å². The van der Waals surface area contributed by atoms with Crippen LogP contribution in [0.4, 0.5) is 24.1 Å². The van der Waals surface area contributed by atoms with E-state index in [4.69, 9.17) is 0 Å². The molecule has 2 aromatic heterocycles. The SMILES string of the molecule is Cc1nccc(N2CCN(c3nc4cc(C(F)(F)F)ccc4s3)CC2)n1. The van der Waals surface area contributed by atoms with Crippen molar-refractivity contribution in [1.29, 1.82) is 0 Å². The Bertz CT molecular complexity index is 932. The molecule has 0 radical (unpaired) electrons. The zero-order valence-electron chi connectivity index (χ0n) is 14.0. The monoisotopic (exact) mass is 379 g/mol. The van der Waals surface area contributed by atoms with Crippen molar-refractivity contribution in [3.05, 3.63) is 41.9 Å². The van der Waals surface area contributed by atoms with E-state index in [0.29, 0.717) is 5.52 Å². The minimum Gasteiger partial charge on any atom is -0.353 e. The van der Waals surface area contributed by atoms with Crippen LogP contribution in [0.25, 0.3) is 10.2 Å². The lowest BCUT2D eigenvalue weighted by Gasteiger charge is -2.35. The highest BCUT2D eigenvalue weighted by atomic mass is 32.1. The number of thiazole rings is 1. The fraction of sp³-hybridized carbons (Fsp3) is 0.353. The van der Waals surface area contributed by atoms with E-state index in [0.717, 1.165) is 59.8 Å². The second kappa shape index (κ2) is 6.39. The number of aryl methyl sites for hydroxylation is 1. The van der Waals surface area contributed by atoms with Gasteiger partial charge in [-0.2, -0.15) is 13.2 Å². The predicted octanol–water partition coefficient (Wildman–Crippen LogP) is 3.74. The second-order valence-corrected chi connectivity index (χ2v) is 7.12. The van der Waals surface area contributed by atoms with Crippen LogP contribution in [0.1, 0.15) is 11.4 Å². The molecule has 1 aromatic carbocycles. The minimum absolute atomic E-state index is 0.397. The predicted molar refractivity (Wildman–Crippen MR) is 95.8 cm³/mol. The maximum Gasteiger partial charge on any atom is 0.416 e. The fourth-order valence-corrected chi connectivity index (χ4v) is 3.97. The van der Waals surface area contributed by atoms with Crippen molar-refractivity contribution < 1.29 is 13.2 Å². The summed E-state index contributed by atoms with van der Waals surface area (Å²) in [6.45, 7) is 4.90. The first-order valence-electron chi connectivity index (χ1n) is 8.17. The van der Waals surface area contributed by atoms with E-state index in [9.17, 15) is 13.2 Å². The van der Waals surface area contributed by atoms with Gasteiger partial charge in [0.1, 0.15) is 11.6 Å². The average molecular weight is 379 g/mol. The van der Waals surface area contributed by atoms with Gasteiger partial charge in [-0.15, -0.1) is 0 Å². The maximum absolute atomic E-state index is 12.9. The molecule has 4 rings (SSSR count). The van der Waals surface area contributed by atoms with Crippen LogP contribution in [-0.4, -0.2) is 41.1 Å². The first kappa shape index (κ1) is 17.0. The van der Waals surface area contributed by atoms with Crippen molar-refractivity contribution in [3.8, 4) is 0 Å². The number of halogens is 3. The van der Waals surface area contributed by atoms with Gasteiger partial charge in [-0.05, 0) is 31.2 Å².